The van der Waals surface area contributed by atoms with Gasteiger partial charge in [0.2, 0.25) is 12.5 Å². The molecule has 1 saturated heterocycles. The lowest BCUT2D eigenvalue weighted by molar-refractivity contribution is -0.491. The number of carbonyl (C=O) groups is 2. The summed E-state index contributed by atoms with van der Waals surface area (Å²) in [5.74, 6) is -0.233. The zero-order valence-electron chi connectivity index (χ0n) is 16.2. The quantitative estimate of drug-likeness (QED) is 0.443. The summed E-state index contributed by atoms with van der Waals surface area (Å²) in [5.41, 5.74) is 1.23. The van der Waals surface area contributed by atoms with E-state index in [4.69, 9.17) is 9.47 Å². The molecule has 8 nitrogen and oxygen atoms in total. The molecular formula is C20H24N2O6. The summed E-state index contributed by atoms with van der Waals surface area (Å²) in [4.78, 5) is 38.3. The highest BCUT2D eigenvalue weighted by molar-refractivity contribution is 5.89. The molecule has 0 N–H and O–H groups in total. The second-order valence-corrected chi connectivity index (χ2v) is 8.13. The van der Waals surface area contributed by atoms with E-state index in [1.807, 2.05) is 25.1 Å². The fraction of sp³-hybridized carbons (Fsp3) is 0.600. The van der Waals surface area contributed by atoms with Gasteiger partial charge in [0.25, 0.3) is 0 Å². The normalized spacial score (nSPS) is 33.1. The Morgan fingerprint density at radius 2 is 2.11 bits per heavy atom. The van der Waals surface area contributed by atoms with Gasteiger partial charge in [0.05, 0.1) is 19.8 Å². The number of hydrogen-bond acceptors (Lipinski definition) is 6. The average molecular weight is 388 g/mol. The summed E-state index contributed by atoms with van der Waals surface area (Å²) in [6.45, 7) is 1.85. The number of carbonyl (C=O) groups excluding carboxylic acids is 2. The van der Waals surface area contributed by atoms with Gasteiger partial charge in [0, 0.05) is 29.6 Å². The minimum Gasteiger partial charge on any atom is -0.497 e. The number of nitrogens with zero attached hydrogens (tertiary/aromatic N) is 2. The smallest absolute Gasteiger partial charge is 0.328 e. The van der Waals surface area contributed by atoms with Crippen molar-refractivity contribution in [2.75, 3.05) is 20.8 Å². The van der Waals surface area contributed by atoms with Crippen molar-refractivity contribution in [3.05, 3.63) is 39.4 Å². The van der Waals surface area contributed by atoms with E-state index >= 15 is 0 Å². The first kappa shape index (κ1) is 18.7. The van der Waals surface area contributed by atoms with Gasteiger partial charge < -0.3 is 14.4 Å². The molecule has 150 valence electrons. The largest absolute Gasteiger partial charge is 0.497 e. The Bertz CT molecular complexity index is 855. The van der Waals surface area contributed by atoms with Crippen molar-refractivity contribution in [3.8, 4) is 5.75 Å². The van der Waals surface area contributed by atoms with Crippen LogP contribution in [0.15, 0.2) is 18.2 Å². The van der Waals surface area contributed by atoms with Gasteiger partial charge in [-0.3, -0.25) is 14.9 Å². The molecule has 0 unspecified atom stereocenters. The van der Waals surface area contributed by atoms with Gasteiger partial charge in [-0.15, -0.1) is 0 Å². The van der Waals surface area contributed by atoms with E-state index in [9.17, 15) is 19.7 Å². The topological polar surface area (TPSA) is 99.0 Å². The van der Waals surface area contributed by atoms with E-state index in [0.717, 1.165) is 11.1 Å². The van der Waals surface area contributed by atoms with Gasteiger partial charge >= 0.3 is 5.97 Å². The molecule has 2 aliphatic heterocycles. The fourth-order valence-corrected chi connectivity index (χ4v) is 5.93. The predicted molar refractivity (Wildman–Crippen MR) is 98.3 cm³/mol. The van der Waals surface area contributed by atoms with E-state index in [1.165, 1.54) is 7.11 Å². The molecule has 0 bridgehead atoms. The summed E-state index contributed by atoms with van der Waals surface area (Å²) < 4.78 is 10.4. The first-order valence-corrected chi connectivity index (χ1v) is 9.52. The number of ether oxygens (including phenoxy) is 2. The number of rotatable bonds is 4. The molecule has 0 radical (unpaired) electrons. The first-order valence-electron chi connectivity index (χ1n) is 9.52. The Labute approximate surface area is 162 Å². The Hall–Kier alpha value is -2.64. The third-order valence-corrected chi connectivity index (χ3v) is 6.92. The van der Waals surface area contributed by atoms with E-state index < -0.39 is 17.6 Å². The number of methoxy groups -OCH3 is 2. The summed E-state index contributed by atoms with van der Waals surface area (Å²) in [6.07, 6.45) is 1.18. The molecule has 4 rings (SSSR count). The Morgan fingerprint density at radius 3 is 2.75 bits per heavy atom. The van der Waals surface area contributed by atoms with Crippen LogP contribution in [0.4, 0.5) is 0 Å². The molecular weight excluding hydrogens is 364 g/mol. The first-order chi connectivity index (χ1) is 13.3. The number of esters is 1. The van der Waals surface area contributed by atoms with Crippen LogP contribution in [0.1, 0.15) is 30.9 Å². The molecule has 1 aromatic rings. The Morgan fingerprint density at radius 1 is 1.36 bits per heavy atom. The average Bonchev–Trinajstić information content (AvgIpc) is 3.09. The van der Waals surface area contributed by atoms with Crippen LogP contribution in [0, 0.1) is 27.9 Å². The number of nitro groups is 1. The number of fused-ring (bicyclic) bond motifs is 1. The highest BCUT2D eigenvalue weighted by atomic mass is 16.6. The van der Waals surface area contributed by atoms with Crippen LogP contribution in [0.25, 0.3) is 0 Å². The molecule has 8 heteroatoms. The molecule has 1 amide bonds. The summed E-state index contributed by atoms with van der Waals surface area (Å²) in [6, 6.07) is 5.00. The highest BCUT2D eigenvalue weighted by Crippen LogP contribution is 2.62. The molecule has 28 heavy (non-hydrogen) atoms. The van der Waals surface area contributed by atoms with Crippen LogP contribution in [-0.2, 0) is 26.3 Å². The maximum atomic E-state index is 13.0. The summed E-state index contributed by atoms with van der Waals surface area (Å²) in [5, 5.41) is 11.3. The predicted octanol–water partition coefficient (Wildman–Crippen LogP) is 1.77. The van der Waals surface area contributed by atoms with Crippen molar-refractivity contribution >= 4 is 11.9 Å². The lowest BCUT2D eigenvalue weighted by Gasteiger charge is -2.47. The van der Waals surface area contributed by atoms with E-state index in [2.05, 4.69) is 0 Å². The van der Waals surface area contributed by atoms with Crippen molar-refractivity contribution in [3.63, 3.8) is 0 Å². The van der Waals surface area contributed by atoms with Crippen LogP contribution in [-0.4, -0.2) is 48.5 Å². The van der Waals surface area contributed by atoms with Crippen LogP contribution in [0.2, 0.25) is 0 Å². The maximum Gasteiger partial charge on any atom is 0.328 e. The van der Waals surface area contributed by atoms with E-state index in [0.29, 0.717) is 18.6 Å². The second-order valence-electron chi connectivity index (χ2n) is 8.13. The zero-order chi connectivity index (χ0) is 20.2. The Kier molecular flexibility index (Phi) is 4.32. The van der Waals surface area contributed by atoms with Crippen LogP contribution < -0.4 is 4.74 Å². The van der Waals surface area contributed by atoms with Crippen LogP contribution >= 0.6 is 0 Å². The lowest BCUT2D eigenvalue weighted by Crippen LogP contribution is -2.57. The molecule has 1 saturated carbocycles. The van der Waals surface area contributed by atoms with Gasteiger partial charge in [-0.1, -0.05) is 13.0 Å². The van der Waals surface area contributed by atoms with Crippen LogP contribution in [0.3, 0.4) is 0 Å². The minimum atomic E-state index is -0.719. The molecule has 1 aromatic carbocycles. The number of hydrogen-bond donors (Lipinski definition) is 0. The van der Waals surface area contributed by atoms with E-state index in [1.54, 1.807) is 12.0 Å². The molecule has 3 aliphatic rings. The van der Waals surface area contributed by atoms with E-state index in [-0.39, 0.29) is 41.5 Å². The molecule has 2 heterocycles. The second kappa shape index (κ2) is 6.46. The minimum absolute atomic E-state index is 0.0670. The monoisotopic (exact) mass is 388 g/mol. The standard InChI is InChI=1S/C20H24N2O6/c1-11-9-20-15-5-4-13(27-2)6-12(15)7-17(19(24)28-3)22(20)18(23)8-16(20)14(11)10-21(25)26/h4-6,11,14,16-17H,7-10H2,1-3H3/t11-,14+,16-,17-,20-/m0/s1. The van der Waals surface area contributed by atoms with Crippen molar-refractivity contribution in [1.82, 2.24) is 4.90 Å². The zero-order valence-corrected chi connectivity index (χ0v) is 16.2. The molecule has 1 aliphatic carbocycles. The van der Waals surface area contributed by atoms with Crippen molar-refractivity contribution in [2.45, 2.75) is 37.8 Å². The SMILES string of the molecule is COC(=O)[C@@H]1Cc2cc(OC)ccc2[C@@]23C[C@H](C)[C@@H](C[N+](=O)[O-])[C@@H]2CC(=O)N13. The number of amides is 1. The fourth-order valence-electron chi connectivity index (χ4n) is 5.93. The Balaban J connectivity index is 1.90. The number of benzene rings is 1. The van der Waals surface area contributed by atoms with Gasteiger partial charge in [0.15, 0.2) is 0 Å². The third-order valence-electron chi connectivity index (χ3n) is 6.92. The maximum absolute atomic E-state index is 13.0. The lowest BCUT2D eigenvalue weighted by atomic mass is 9.72. The molecule has 0 aromatic heterocycles. The van der Waals surface area contributed by atoms with Gasteiger partial charge in [0.1, 0.15) is 11.8 Å². The molecule has 1 spiro atoms. The van der Waals surface area contributed by atoms with Crippen molar-refractivity contribution < 1.29 is 24.0 Å². The molecule has 5 atom stereocenters. The van der Waals surface area contributed by atoms with Gasteiger partial charge in [-0.25, -0.2) is 4.79 Å². The highest BCUT2D eigenvalue weighted by Gasteiger charge is 2.67. The van der Waals surface area contributed by atoms with Crippen molar-refractivity contribution in [2.24, 2.45) is 17.8 Å². The van der Waals surface area contributed by atoms with Gasteiger partial charge in [-0.2, -0.15) is 0 Å². The van der Waals surface area contributed by atoms with Crippen molar-refractivity contribution in [1.29, 1.82) is 0 Å². The summed E-state index contributed by atoms with van der Waals surface area (Å²) in [7, 11) is 2.90. The summed E-state index contributed by atoms with van der Waals surface area (Å²) >= 11 is 0. The van der Waals surface area contributed by atoms with Gasteiger partial charge in [-0.05, 0) is 35.6 Å². The molecule has 2 fully saturated rings. The van der Waals surface area contributed by atoms with Crippen LogP contribution in [0.5, 0.6) is 5.75 Å². The third kappa shape index (κ3) is 2.43.